The lowest BCUT2D eigenvalue weighted by atomic mass is 10.1. The van der Waals surface area contributed by atoms with Gasteiger partial charge in [0.25, 0.3) is 5.91 Å². The van der Waals surface area contributed by atoms with E-state index >= 15 is 0 Å². The first-order valence-electron chi connectivity index (χ1n) is 7.08. The fourth-order valence-electron chi connectivity index (χ4n) is 2.34. The molecule has 0 atom stereocenters. The highest BCUT2D eigenvalue weighted by atomic mass is 35.5. The number of rotatable bonds is 5. The van der Waals surface area contributed by atoms with E-state index in [1.165, 1.54) is 11.3 Å². The van der Waals surface area contributed by atoms with E-state index in [0.717, 1.165) is 26.2 Å². The molecule has 1 aromatic heterocycles. The second-order valence-corrected chi connectivity index (χ2v) is 6.61. The quantitative estimate of drug-likeness (QED) is 0.484. The SMILES string of the molecule is O=C(NO)c1cc2ccc(CNCc3ccccc3Cl)cc2s1. The molecule has 1 amide bonds. The van der Waals surface area contributed by atoms with Crippen molar-refractivity contribution in [1.29, 1.82) is 0 Å². The van der Waals surface area contributed by atoms with Crippen LogP contribution in [0.2, 0.25) is 5.02 Å². The predicted octanol–water partition coefficient (Wildman–Crippen LogP) is 3.96. The molecule has 23 heavy (non-hydrogen) atoms. The second kappa shape index (κ2) is 7.10. The lowest BCUT2D eigenvalue weighted by Gasteiger charge is -2.07. The van der Waals surface area contributed by atoms with Gasteiger partial charge in [-0.1, -0.05) is 41.9 Å². The molecule has 0 aliphatic rings. The van der Waals surface area contributed by atoms with Crippen LogP contribution in [0, 0.1) is 0 Å². The van der Waals surface area contributed by atoms with Gasteiger partial charge in [-0.25, -0.2) is 5.48 Å². The van der Waals surface area contributed by atoms with E-state index < -0.39 is 5.91 Å². The fraction of sp³-hybridized carbons (Fsp3) is 0.118. The number of amides is 1. The average Bonchev–Trinajstić information content (AvgIpc) is 2.99. The van der Waals surface area contributed by atoms with Gasteiger partial charge in [0.15, 0.2) is 0 Å². The van der Waals surface area contributed by atoms with Crippen molar-refractivity contribution >= 4 is 38.9 Å². The van der Waals surface area contributed by atoms with Crippen LogP contribution in [-0.4, -0.2) is 11.1 Å². The summed E-state index contributed by atoms with van der Waals surface area (Å²) in [5.41, 5.74) is 3.85. The summed E-state index contributed by atoms with van der Waals surface area (Å²) in [6.07, 6.45) is 0. The van der Waals surface area contributed by atoms with Gasteiger partial charge in [0.1, 0.15) is 0 Å². The van der Waals surface area contributed by atoms with E-state index in [1.807, 2.05) is 42.5 Å². The lowest BCUT2D eigenvalue weighted by Crippen LogP contribution is -2.16. The Morgan fingerprint density at radius 2 is 1.96 bits per heavy atom. The first kappa shape index (κ1) is 16.0. The Balaban J connectivity index is 1.68. The summed E-state index contributed by atoms with van der Waals surface area (Å²) in [6.45, 7) is 1.40. The number of benzene rings is 2. The van der Waals surface area contributed by atoms with Crippen molar-refractivity contribution in [2.24, 2.45) is 0 Å². The van der Waals surface area contributed by atoms with Crippen LogP contribution < -0.4 is 10.8 Å². The molecule has 0 fully saturated rings. The maximum atomic E-state index is 11.5. The molecule has 2 aromatic carbocycles. The Kier molecular flexibility index (Phi) is 4.93. The Morgan fingerprint density at radius 3 is 2.74 bits per heavy atom. The summed E-state index contributed by atoms with van der Waals surface area (Å²) in [4.78, 5) is 11.9. The van der Waals surface area contributed by atoms with E-state index in [1.54, 1.807) is 11.5 Å². The number of carbonyl (C=O) groups is 1. The molecule has 6 heteroatoms. The molecule has 0 bridgehead atoms. The lowest BCUT2D eigenvalue weighted by molar-refractivity contribution is 0.0711. The van der Waals surface area contributed by atoms with Gasteiger partial charge in [-0.05, 0) is 34.7 Å². The summed E-state index contributed by atoms with van der Waals surface area (Å²) in [6, 6.07) is 15.6. The normalized spacial score (nSPS) is 10.9. The Bertz CT molecular complexity index is 847. The summed E-state index contributed by atoms with van der Waals surface area (Å²) in [5, 5.41) is 13.8. The minimum absolute atomic E-state index is 0.482. The highest BCUT2D eigenvalue weighted by molar-refractivity contribution is 7.20. The zero-order valence-electron chi connectivity index (χ0n) is 12.2. The smallest absolute Gasteiger partial charge is 0.284 e. The predicted molar refractivity (Wildman–Crippen MR) is 93.1 cm³/mol. The van der Waals surface area contributed by atoms with Gasteiger partial charge in [0, 0.05) is 22.8 Å². The third-order valence-corrected chi connectivity index (χ3v) is 4.98. The van der Waals surface area contributed by atoms with Crippen molar-refractivity contribution in [1.82, 2.24) is 10.8 Å². The van der Waals surface area contributed by atoms with E-state index in [2.05, 4.69) is 5.32 Å². The van der Waals surface area contributed by atoms with Gasteiger partial charge in [0.05, 0.1) is 4.88 Å². The maximum Gasteiger partial charge on any atom is 0.284 e. The average molecular weight is 347 g/mol. The molecule has 0 spiro atoms. The molecule has 0 aliphatic heterocycles. The molecule has 4 nitrogen and oxygen atoms in total. The fourth-order valence-corrected chi connectivity index (χ4v) is 3.55. The van der Waals surface area contributed by atoms with Crippen molar-refractivity contribution in [3.8, 4) is 0 Å². The number of hydrogen-bond acceptors (Lipinski definition) is 4. The van der Waals surface area contributed by atoms with Crippen LogP contribution in [0.15, 0.2) is 48.5 Å². The Morgan fingerprint density at radius 1 is 1.13 bits per heavy atom. The van der Waals surface area contributed by atoms with E-state index in [0.29, 0.717) is 18.0 Å². The molecule has 0 saturated heterocycles. The molecule has 3 rings (SSSR count). The molecule has 0 aliphatic carbocycles. The molecule has 118 valence electrons. The van der Waals surface area contributed by atoms with E-state index in [4.69, 9.17) is 16.8 Å². The Hall–Kier alpha value is -1.92. The number of fused-ring (bicyclic) bond motifs is 1. The summed E-state index contributed by atoms with van der Waals surface area (Å²) in [7, 11) is 0. The minimum atomic E-state index is -0.482. The van der Waals surface area contributed by atoms with Gasteiger partial charge in [-0.3, -0.25) is 10.0 Å². The van der Waals surface area contributed by atoms with Crippen LogP contribution in [0.5, 0.6) is 0 Å². The minimum Gasteiger partial charge on any atom is -0.309 e. The van der Waals surface area contributed by atoms with Crippen LogP contribution in [0.25, 0.3) is 10.1 Å². The molecule has 1 heterocycles. The number of hydroxylamine groups is 1. The first-order chi connectivity index (χ1) is 11.2. The molecular weight excluding hydrogens is 332 g/mol. The van der Waals surface area contributed by atoms with Crippen molar-refractivity contribution in [2.75, 3.05) is 0 Å². The Labute approximate surface area is 142 Å². The summed E-state index contributed by atoms with van der Waals surface area (Å²) < 4.78 is 1.01. The van der Waals surface area contributed by atoms with Crippen LogP contribution in [-0.2, 0) is 13.1 Å². The van der Waals surface area contributed by atoms with Crippen molar-refractivity contribution < 1.29 is 10.0 Å². The molecule has 3 N–H and O–H groups in total. The van der Waals surface area contributed by atoms with Gasteiger partial charge in [-0.2, -0.15) is 0 Å². The number of hydrogen-bond donors (Lipinski definition) is 3. The van der Waals surface area contributed by atoms with Crippen LogP contribution in [0.4, 0.5) is 0 Å². The first-order valence-corrected chi connectivity index (χ1v) is 8.28. The van der Waals surface area contributed by atoms with Crippen LogP contribution in [0.3, 0.4) is 0 Å². The topological polar surface area (TPSA) is 61.4 Å². The summed E-state index contributed by atoms with van der Waals surface area (Å²) >= 11 is 7.49. The van der Waals surface area contributed by atoms with Crippen molar-refractivity contribution in [2.45, 2.75) is 13.1 Å². The maximum absolute atomic E-state index is 11.5. The zero-order valence-corrected chi connectivity index (χ0v) is 13.7. The largest absolute Gasteiger partial charge is 0.309 e. The van der Waals surface area contributed by atoms with Gasteiger partial charge in [-0.15, -0.1) is 11.3 Å². The highest BCUT2D eigenvalue weighted by Crippen LogP contribution is 2.26. The third kappa shape index (κ3) is 3.71. The van der Waals surface area contributed by atoms with E-state index in [9.17, 15) is 4.79 Å². The number of carbonyl (C=O) groups excluding carboxylic acids is 1. The number of nitrogens with one attached hydrogen (secondary N) is 2. The van der Waals surface area contributed by atoms with Gasteiger partial charge < -0.3 is 5.32 Å². The van der Waals surface area contributed by atoms with Crippen LogP contribution in [0.1, 0.15) is 20.8 Å². The number of thiophene rings is 1. The molecule has 0 unspecified atom stereocenters. The zero-order chi connectivity index (χ0) is 16.2. The van der Waals surface area contributed by atoms with Crippen LogP contribution >= 0.6 is 22.9 Å². The summed E-state index contributed by atoms with van der Waals surface area (Å²) in [5.74, 6) is -0.482. The van der Waals surface area contributed by atoms with Crippen molar-refractivity contribution in [3.05, 3.63) is 69.6 Å². The molecule has 0 radical (unpaired) electrons. The van der Waals surface area contributed by atoms with Gasteiger partial charge >= 0.3 is 0 Å². The van der Waals surface area contributed by atoms with Crippen molar-refractivity contribution in [3.63, 3.8) is 0 Å². The highest BCUT2D eigenvalue weighted by Gasteiger charge is 2.09. The molecule has 0 saturated carbocycles. The third-order valence-electron chi connectivity index (χ3n) is 3.51. The van der Waals surface area contributed by atoms with Gasteiger partial charge in [0.2, 0.25) is 0 Å². The monoisotopic (exact) mass is 346 g/mol. The second-order valence-electron chi connectivity index (χ2n) is 5.12. The standard InChI is InChI=1S/C17H15ClN2O2S/c18-14-4-2-1-3-13(14)10-19-9-11-5-6-12-8-16(17(21)20-22)23-15(12)7-11/h1-8,19,22H,9-10H2,(H,20,21). The number of halogens is 1. The molecule has 3 aromatic rings. The van der Waals surface area contributed by atoms with E-state index in [-0.39, 0.29) is 0 Å². The molecular formula is C17H15ClN2O2S.